The number of nitrogens with one attached hydrogen (secondary N) is 2. The Morgan fingerprint density at radius 2 is 1.80 bits per heavy atom. The number of carbonyl (C=O) groups is 3. The minimum atomic E-state index is -0.932. The highest BCUT2D eigenvalue weighted by atomic mass is 32.2. The van der Waals surface area contributed by atoms with E-state index in [0.29, 0.717) is 33.7 Å². The number of nitrogens with zero attached hydrogens (tertiary/aromatic N) is 1. The number of ether oxygens (including phenoxy) is 1. The van der Waals surface area contributed by atoms with E-state index in [0.717, 1.165) is 54.7 Å². The summed E-state index contributed by atoms with van der Waals surface area (Å²) < 4.78 is 32.9. The van der Waals surface area contributed by atoms with Crippen molar-refractivity contribution >= 4 is 69.2 Å². The highest BCUT2D eigenvalue weighted by molar-refractivity contribution is 8.26. The van der Waals surface area contributed by atoms with Gasteiger partial charge in [0, 0.05) is 10.6 Å². The number of rotatable bonds is 8. The molecule has 5 rings (SSSR count). The van der Waals surface area contributed by atoms with Crippen molar-refractivity contribution in [2.75, 3.05) is 18.4 Å². The van der Waals surface area contributed by atoms with Gasteiger partial charge in [-0.1, -0.05) is 30.0 Å². The number of thioether (sulfide) groups is 1. The van der Waals surface area contributed by atoms with Crippen LogP contribution in [0.2, 0.25) is 0 Å². The smallest absolute Gasteiger partial charge is 0.338 e. The first kappa shape index (κ1) is 32.9. The molecule has 2 fully saturated rings. The molecule has 2 aromatic carbocycles. The van der Waals surface area contributed by atoms with Gasteiger partial charge in [0.1, 0.15) is 16.0 Å². The van der Waals surface area contributed by atoms with Crippen LogP contribution in [0.25, 0.3) is 17.2 Å². The second kappa shape index (κ2) is 13.9. The van der Waals surface area contributed by atoms with Crippen molar-refractivity contribution in [3.8, 4) is 11.1 Å². The normalized spacial score (nSPS) is 17.5. The van der Waals surface area contributed by atoms with E-state index in [-0.39, 0.29) is 22.1 Å². The molecule has 2 saturated heterocycles. The monoisotopic (exact) mass is 669 g/mol. The molecule has 12 heteroatoms. The van der Waals surface area contributed by atoms with Crippen LogP contribution in [-0.2, 0) is 14.3 Å². The molecule has 2 amide bonds. The van der Waals surface area contributed by atoms with Crippen LogP contribution in [0.15, 0.2) is 58.8 Å². The molecule has 0 aliphatic carbocycles. The highest BCUT2D eigenvalue weighted by Gasteiger charge is 2.41. The average molecular weight is 670 g/mol. The number of anilines is 1. The lowest BCUT2D eigenvalue weighted by Gasteiger charge is -2.31. The summed E-state index contributed by atoms with van der Waals surface area (Å²) in [7, 11) is 0. The summed E-state index contributed by atoms with van der Waals surface area (Å²) in [6.45, 7) is 7.04. The van der Waals surface area contributed by atoms with Gasteiger partial charge in [-0.25, -0.2) is 13.6 Å². The Morgan fingerprint density at radius 1 is 1.09 bits per heavy atom. The summed E-state index contributed by atoms with van der Waals surface area (Å²) in [5, 5.41) is 8.05. The predicted molar refractivity (Wildman–Crippen MR) is 179 cm³/mol. The Morgan fingerprint density at radius 3 is 2.47 bits per heavy atom. The molecule has 3 aromatic rings. The molecule has 7 nitrogen and oxygen atoms in total. The van der Waals surface area contributed by atoms with Crippen LogP contribution in [0.3, 0.4) is 0 Å². The van der Waals surface area contributed by atoms with Crippen molar-refractivity contribution in [3.05, 3.63) is 80.9 Å². The van der Waals surface area contributed by atoms with E-state index in [1.54, 1.807) is 62.6 Å². The number of esters is 1. The number of halogens is 2. The first-order valence-corrected chi connectivity index (χ1v) is 16.6. The molecule has 3 heterocycles. The first-order chi connectivity index (χ1) is 21.4. The quantitative estimate of drug-likeness (QED) is 0.149. The zero-order valence-corrected chi connectivity index (χ0v) is 27.5. The van der Waals surface area contributed by atoms with E-state index >= 15 is 0 Å². The van der Waals surface area contributed by atoms with Gasteiger partial charge in [0.2, 0.25) is 5.91 Å². The van der Waals surface area contributed by atoms with Crippen LogP contribution >= 0.6 is 35.3 Å². The van der Waals surface area contributed by atoms with Gasteiger partial charge in [-0.05, 0) is 124 Å². The Labute approximate surface area is 274 Å². The molecule has 0 saturated carbocycles. The van der Waals surface area contributed by atoms with Crippen molar-refractivity contribution in [1.82, 2.24) is 10.2 Å². The molecule has 2 aliphatic rings. The van der Waals surface area contributed by atoms with Crippen LogP contribution in [0, 0.1) is 17.6 Å². The molecule has 236 valence electrons. The minimum absolute atomic E-state index is 0.223. The van der Waals surface area contributed by atoms with Gasteiger partial charge in [0.05, 0.1) is 10.5 Å². The number of hydrogen-bond acceptors (Lipinski definition) is 8. The number of amides is 2. The number of carbonyl (C=O) groups excluding carboxylic acids is 3. The third kappa shape index (κ3) is 8.23. The fourth-order valence-electron chi connectivity index (χ4n) is 5.15. The van der Waals surface area contributed by atoms with Crippen LogP contribution in [0.1, 0.15) is 55.3 Å². The molecule has 2 N–H and O–H groups in total. The summed E-state index contributed by atoms with van der Waals surface area (Å²) in [5.41, 5.74) is 1.42. The molecule has 2 aliphatic heterocycles. The first-order valence-electron chi connectivity index (χ1n) is 14.5. The maximum Gasteiger partial charge on any atom is 0.338 e. The lowest BCUT2D eigenvalue weighted by atomic mass is 9.90. The minimum Gasteiger partial charge on any atom is -0.456 e. The SMILES string of the molecule is CC(C)(C)OC(=O)c1ccc(NC(=O)C(CC2CCNCC2)N2C(=O)/C(=C/c3cc(-c4ccc(F)c(F)c4)cs3)SC2=S)cc1. The van der Waals surface area contributed by atoms with Gasteiger partial charge in [0.25, 0.3) is 5.91 Å². The van der Waals surface area contributed by atoms with E-state index in [9.17, 15) is 23.2 Å². The summed E-state index contributed by atoms with van der Waals surface area (Å²) in [5.74, 6) is -2.82. The van der Waals surface area contributed by atoms with Crippen molar-refractivity contribution < 1.29 is 27.9 Å². The lowest BCUT2D eigenvalue weighted by molar-refractivity contribution is -0.130. The number of piperidine rings is 1. The average Bonchev–Trinajstić information content (AvgIpc) is 3.56. The van der Waals surface area contributed by atoms with Crippen molar-refractivity contribution in [3.63, 3.8) is 0 Å². The molecule has 0 bridgehead atoms. The van der Waals surface area contributed by atoms with Gasteiger partial charge >= 0.3 is 5.97 Å². The summed E-state index contributed by atoms with van der Waals surface area (Å²) in [4.78, 5) is 42.5. The van der Waals surface area contributed by atoms with E-state index < -0.39 is 29.2 Å². The molecular formula is C33H33F2N3O4S3. The second-order valence-electron chi connectivity index (χ2n) is 11.9. The fourth-order valence-corrected chi connectivity index (χ4v) is 7.42. The van der Waals surface area contributed by atoms with Crippen LogP contribution in [0.4, 0.5) is 14.5 Å². The van der Waals surface area contributed by atoms with Gasteiger partial charge in [-0.15, -0.1) is 11.3 Å². The van der Waals surface area contributed by atoms with Crippen molar-refractivity contribution in [1.29, 1.82) is 0 Å². The van der Waals surface area contributed by atoms with Crippen molar-refractivity contribution in [2.24, 2.45) is 5.92 Å². The number of hydrogen-bond donors (Lipinski definition) is 2. The largest absolute Gasteiger partial charge is 0.456 e. The van der Waals surface area contributed by atoms with Crippen LogP contribution in [0.5, 0.6) is 0 Å². The molecule has 45 heavy (non-hydrogen) atoms. The summed E-state index contributed by atoms with van der Waals surface area (Å²) in [6.07, 6.45) is 3.91. The van der Waals surface area contributed by atoms with E-state index in [4.69, 9.17) is 17.0 Å². The molecular weight excluding hydrogens is 637 g/mol. The summed E-state index contributed by atoms with van der Waals surface area (Å²) in [6, 6.07) is 11.1. The Hall–Kier alpha value is -3.45. The Balaban J connectivity index is 1.35. The van der Waals surface area contributed by atoms with Gasteiger partial charge in [-0.3, -0.25) is 14.5 Å². The zero-order chi connectivity index (χ0) is 32.3. The van der Waals surface area contributed by atoms with Crippen LogP contribution < -0.4 is 10.6 Å². The molecule has 1 aromatic heterocycles. The Kier molecular flexibility index (Phi) is 10.2. The fraction of sp³-hybridized carbons (Fsp3) is 0.333. The van der Waals surface area contributed by atoms with Gasteiger partial charge in [0.15, 0.2) is 11.6 Å². The van der Waals surface area contributed by atoms with E-state index in [1.165, 1.54) is 22.3 Å². The summed E-state index contributed by atoms with van der Waals surface area (Å²) >= 11 is 8.14. The Bertz CT molecular complexity index is 1640. The van der Waals surface area contributed by atoms with E-state index in [1.807, 2.05) is 0 Å². The topological polar surface area (TPSA) is 87.7 Å². The maximum atomic E-state index is 13.8. The molecule has 1 unspecified atom stereocenters. The van der Waals surface area contributed by atoms with Crippen LogP contribution in [-0.4, -0.2) is 51.7 Å². The zero-order valence-electron chi connectivity index (χ0n) is 25.0. The highest BCUT2D eigenvalue weighted by Crippen LogP contribution is 2.38. The molecule has 0 spiro atoms. The number of thiocarbonyl (C=S) groups is 1. The second-order valence-corrected chi connectivity index (χ2v) is 14.6. The van der Waals surface area contributed by atoms with Gasteiger partial charge in [-0.2, -0.15) is 0 Å². The lowest BCUT2D eigenvalue weighted by Crippen LogP contribution is -2.48. The standard InChI is InChI=1S/C33H33F2N3O4S3/c1-33(2,3)42-31(41)20-4-7-23(8-5-20)37-29(39)27(14-19-10-12-36-13-11-19)38-30(40)28(45-32(38)43)17-24-15-22(18-44-24)21-6-9-25(34)26(35)16-21/h4-9,15-19,27,36H,10-14H2,1-3H3,(H,37,39)/b28-17-. The molecule has 1 atom stereocenters. The maximum absolute atomic E-state index is 13.8. The predicted octanol–water partition coefficient (Wildman–Crippen LogP) is 7.25. The number of thiophene rings is 1. The third-order valence-electron chi connectivity index (χ3n) is 7.39. The van der Waals surface area contributed by atoms with Gasteiger partial charge < -0.3 is 15.4 Å². The third-order valence-corrected chi connectivity index (χ3v) is 9.60. The molecule has 0 radical (unpaired) electrons. The number of benzene rings is 2. The van der Waals surface area contributed by atoms with E-state index in [2.05, 4.69) is 10.6 Å². The van der Waals surface area contributed by atoms with Crippen molar-refractivity contribution in [2.45, 2.75) is 51.7 Å².